The van der Waals surface area contributed by atoms with Gasteiger partial charge >= 0.3 is 0 Å². The summed E-state index contributed by atoms with van der Waals surface area (Å²) in [6, 6.07) is 15.5. The van der Waals surface area contributed by atoms with Crippen LogP contribution in [0.4, 0.5) is 5.69 Å². The molecular formula is C20H16ClN5O3S. The number of nitrogens with zero attached hydrogens (tertiary/aromatic N) is 3. The molecule has 0 atom stereocenters. The Hall–Kier alpha value is -3.30. The zero-order valence-electron chi connectivity index (χ0n) is 15.8. The summed E-state index contributed by atoms with van der Waals surface area (Å²) in [6.07, 6.45) is 0. The maximum atomic E-state index is 12.4. The molecule has 152 valence electrons. The molecule has 0 aliphatic carbocycles. The highest BCUT2D eigenvalue weighted by molar-refractivity contribution is 7.99. The Morgan fingerprint density at radius 2 is 2.00 bits per heavy atom. The van der Waals surface area contributed by atoms with Crippen LogP contribution in [0.1, 0.15) is 0 Å². The van der Waals surface area contributed by atoms with Crippen molar-refractivity contribution in [3.63, 3.8) is 0 Å². The second-order valence-corrected chi connectivity index (χ2v) is 7.60. The van der Waals surface area contributed by atoms with Gasteiger partial charge in [-0.15, -0.1) is 0 Å². The minimum Gasteiger partial charge on any atom is -0.497 e. The minimum absolute atomic E-state index is 0.0906. The molecule has 2 heterocycles. The molecule has 0 saturated heterocycles. The molecule has 0 saturated carbocycles. The zero-order valence-corrected chi connectivity index (χ0v) is 17.3. The van der Waals surface area contributed by atoms with E-state index in [1.54, 1.807) is 49.6 Å². The van der Waals surface area contributed by atoms with Crippen LogP contribution in [-0.4, -0.2) is 38.4 Å². The van der Waals surface area contributed by atoms with Gasteiger partial charge in [0.2, 0.25) is 5.91 Å². The van der Waals surface area contributed by atoms with Gasteiger partial charge in [0.25, 0.3) is 5.56 Å². The summed E-state index contributed by atoms with van der Waals surface area (Å²) >= 11 is 7.26. The van der Waals surface area contributed by atoms with Gasteiger partial charge < -0.3 is 10.1 Å². The molecule has 2 aromatic heterocycles. The summed E-state index contributed by atoms with van der Waals surface area (Å²) < 4.78 is 6.57. The molecule has 4 rings (SSSR count). The predicted molar refractivity (Wildman–Crippen MR) is 116 cm³/mol. The van der Waals surface area contributed by atoms with E-state index in [4.69, 9.17) is 16.3 Å². The molecule has 30 heavy (non-hydrogen) atoms. The van der Waals surface area contributed by atoms with Gasteiger partial charge in [0, 0.05) is 22.3 Å². The first kappa shape index (κ1) is 20.0. The molecule has 0 bridgehead atoms. The molecule has 1 amide bonds. The predicted octanol–water partition coefficient (Wildman–Crippen LogP) is 3.48. The fourth-order valence-electron chi connectivity index (χ4n) is 2.74. The van der Waals surface area contributed by atoms with Gasteiger partial charge in [-0.25, -0.2) is 14.5 Å². The second-order valence-electron chi connectivity index (χ2n) is 6.22. The van der Waals surface area contributed by atoms with Crippen LogP contribution in [0.2, 0.25) is 5.02 Å². The van der Waals surface area contributed by atoms with Crippen molar-refractivity contribution in [3.8, 4) is 17.1 Å². The van der Waals surface area contributed by atoms with Crippen LogP contribution >= 0.6 is 23.4 Å². The number of hydrogen-bond donors (Lipinski definition) is 2. The third kappa shape index (κ3) is 4.47. The van der Waals surface area contributed by atoms with E-state index in [9.17, 15) is 9.59 Å². The van der Waals surface area contributed by atoms with Gasteiger partial charge in [0.1, 0.15) is 5.75 Å². The number of halogens is 1. The Kier molecular flexibility index (Phi) is 5.73. The normalized spacial score (nSPS) is 10.9. The van der Waals surface area contributed by atoms with Gasteiger partial charge in [0.05, 0.1) is 12.9 Å². The third-order valence-corrected chi connectivity index (χ3v) is 5.29. The number of carbonyl (C=O) groups excluding carboxylic acids is 1. The number of rotatable bonds is 6. The summed E-state index contributed by atoms with van der Waals surface area (Å²) in [7, 11) is 1.58. The van der Waals surface area contributed by atoms with Crippen molar-refractivity contribution in [2.24, 2.45) is 0 Å². The summed E-state index contributed by atoms with van der Waals surface area (Å²) in [5.74, 6) is 0.994. The lowest BCUT2D eigenvalue weighted by Crippen LogP contribution is -2.15. The Bertz CT molecular complexity index is 1270. The monoisotopic (exact) mass is 441 g/mol. The maximum absolute atomic E-state index is 12.4. The topological polar surface area (TPSA) is 101 Å². The van der Waals surface area contributed by atoms with Gasteiger partial charge in [-0.2, -0.15) is 0 Å². The number of methoxy groups -OCH3 is 1. The molecule has 0 fully saturated rings. The average molecular weight is 442 g/mol. The standard InChI is InChI=1S/C20H16ClN5O3S/c1-29-15-7-5-14(6-8-15)22-18(28)11-30-20-24-19(12-3-2-4-13(21)9-12)23-16-10-17(27)25-26(16)20/h2-10H,11H2,1H3,(H,22,28)(H,25,27). The number of fused-ring (bicyclic) bond motifs is 1. The van der Waals surface area contributed by atoms with Crippen molar-refractivity contribution in [2.75, 3.05) is 18.2 Å². The molecule has 0 aliphatic rings. The number of amides is 1. The van der Waals surface area contributed by atoms with E-state index in [0.29, 0.717) is 38.7 Å². The van der Waals surface area contributed by atoms with E-state index >= 15 is 0 Å². The molecule has 10 heteroatoms. The summed E-state index contributed by atoms with van der Waals surface area (Å²) in [5, 5.41) is 6.44. The van der Waals surface area contributed by atoms with Gasteiger partial charge in [-0.3, -0.25) is 14.7 Å². The summed E-state index contributed by atoms with van der Waals surface area (Å²) in [5.41, 5.74) is 1.46. The molecule has 2 N–H and O–H groups in total. The van der Waals surface area contributed by atoms with Crippen LogP contribution < -0.4 is 15.6 Å². The number of H-pyrrole nitrogens is 1. The molecule has 2 aromatic carbocycles. The largest absolute Gasteiger partial charge is 0.497 e. The van der Waals surface area contributed by atoms with Crippen LogP contribution in [0, 0.1) is 0 Å². The van der Waals surface area contributed by atoms with Crippen molar-refractivity contribution in [3.05, 3.63) is 70.0 Å². The number of benzene rings is 2. The Morgan fingerprint density at radius 1 is 1.20 bits per heavy atom. The lowest BCUT2D eigenvalue weighted by atomic mass is 10.2. The Labute approximate surface area is 180 Å². The van der Waals surface area contributed by atoms with Crippen molar-refractivity contribution in [1.82, 2.24) is 19.6 Å². The smallest absolute Gasteiger partial charge is 0.266 e. The lowest BCUT2D eigenvalue weighted by Gasteiger charge is -2.08. The van der Waals surface area contributed by atoms with E-state index in [0.717, 1.165) is 0 Å². The average Bonchev–Trinajstić information content (AvgIpc) is 3.12. The van der Waals surface area contributed by atoms with Crippen molar-refractivity contribution >= 4 is 40.6 Å². The molecule has 0 spiro atoms. The molecule has 4 aromatic rings. The highest BCUT2D eigenvalue weighted by Crippen LogP contribution is 2.24. The summed E-state index contributed by atoms with van der Waals surface area (Å²) in [4.78, 5) is 33.1. The van der Waals surface area contributed by atoms with Crippen LogP contribution in [0.3, 0.4) is 0 Å². The molecule has 8 nitrogen and oxygen atoms in total. The minimum atomic E-state index is -0.308. The number of aromatic nitrogens is 4. The Balaban J connectivity index is 1.56. The molecule has 0 unspecified atom stereocenters. The van der Waals surface area contributed by atoms with Gasteiger partial charge in [-0.05, 0) is 36.4 Å². The Morgan fingerprint density at radius 3 is 2.73 bits per heavy atom. The van der Waals surface area contributed by atoms with Gasteiger partial charge in [0.15, 0.2) is 16.6 Å². The van der Waals surface area contributed by atoms with E-state index < -0.39 is 0 Å². The highest BCUT2D eigenvalue weighted by atomic mass is 35.5. The SMILES string of the molecule is COc1ccc(NC(=O)CSc2nc(-c3cccc(Cl)c3)nc3cc(=O)[nH]n23)cc1. The van der Waals surface area contributed by atoms with Crippen molar-refractivity contribution in [2.45, 2.75) is 5.16 Å². The van der Waals surface area contributed by atoms with Crippen LogP contribution in [0.5, 0.6) is 5.75 Å². The van der Waals surface area contributed by atoms with E-state index in [-0.39, 0.29) is 17.2 Å². The first-order valence-corrected chi connectivity index (χ1v) is 10.2. The maximum Gasteiger partial charge on any atom is 0.266 e. The van der Waals surface area contributed by atoms with Crippen molar-refractivity contribution < 1.29 is 9.53 Å². The number of nitrogens with one attached hydrogen (secondary N) is 2. The van der Waals surface area contributed by atoms with Crippen molar-refractivity contribution in [1.29, 1.82) is 0 Å². The molecular weight excluding hydrogens is 426 g/mol. The van der Waals surface area contributed by atoms with Crippen LogP contribution in [0.25, 0.3) is 17.0 Å². The van der Waals surface area contributed by atoms with E-state index in [1.165, 1.54) is 22.3 Å². The fraction of sp³-hybridized carbons (Fsp3) is 0.100. The first-order valence-electron chi connectivity index (χ1n) is 8.84. The zero-order chi connectivity index (χ0) is 21.1. The van der Waals surface area contributed by atoms with E-state index in [1.807, 2.05) is 6.07 Å². The number of ether oxygens (including phenoxy) is 1. The molecule has 0 radical (unpaired) electrons. The third-order valence-electron chi connectivity index (χ3n) is 4.11. The van der Waals surface area contributed by atoms with Crippen LogP contribution in [0.15, 0.2) is 64.5 Å². The molecule has 0 aliphatic heterocycles. The summed E-state index contributed by atoms with van der Waals surface area (Å²) in [6.45, 7) is 0. The number of aromatic amines is 1. The lowest BCUT2D eigenvalue weighted by molar-refractivity contribution is -0.113. The second kappa shape index (κ2) is 8.60. The highest BCUT2D eigenvalue weighted by Gasteiger charge is 2.13. The number of anilines is 1. The van der Waals surface area contributed by atoms with E-state index in [2.05, 4.69) is 20.4 Å². The number of carbonyl (C=O) groups is 1. The number of thioether (sulfide) groups is 1. The fourth-order valence-corrected chi connectivity index (χ4v) is 3.68. The first-order chi connectivity index (χ1) is 14.5. The van der Waals surface area contributed by atoms with Gasteiger partial charge in [-0.1, -0.05) is 35.5 Å². The quantitative estimate of drug-likeness (QED) is 0.444. The van der Waals surface area contributed by atoms with Crippen LogP contribution in [-0.2, 0) is 4.79 Å². The number of hydrogen-bond acceptors (Lipinski definition) is 6.